The van der Waals surface area contributed by atoms with Crippen LogP contribution >= 0.6 is 0 Å². The van der Waals surface area contributed by atoms with Gasteiger partial charge in [0.25, 0.3) is 0 Å². The van der Waals surface area contributed by atoms with Gasteiger partial charge in [-0.05, 0) is 19.1 Å². The number of rotatable bonds is 5. The highest BCUT2D eigenvalue weighted by molar-refractivity contribution is 5.80. The van der Waals surface area contributed by atoms with Crippen LogP contribution in [0.1, 0.15) is 11.6 Å². The number of anilines is 1. The molecular formula is C14H18N6O. The molecule has 0 saturated heterocycles. The SMILES string of the molecule is Cc1nnc2n1CC(CNC(=O)CNc1cccnc1)C2. The second-order valence-electron chi connectivity index (χ2n) is 5.24. The number of carbonyl (C=O) groups is 1. The van der Waals surface area contributed by atoms with Crippen LogP contribution < -0.4 is 10.6 Å². The van der Waals surface area contributed by atoms with Crippen molar-refractivity contribution in [1.82, 2.24) is 25.1 Å². The van der Waals surface area contributed by atoms with E-state index in [9.17, 15) is 4.79 Å². The quantitative estimate of drug-likeness (QED) is 0.830. The summed E-state index contributed by atoms with van der Waals surface area (Å²) in [6, 6.07) is 3.71. The average Bonchev–Trinajstić information content (AvgIpc) is 3.06. The molecule has 3 rings (SSSR count). The summed E-state index contributed by atoms with van der Waals surface area (Å²) in [5, 5.41) is 14.2. The van der Waals surface area contributed by atoms with Crippen molar-refractivity contribution in [2.24, 2.45) is 5.92 Å². The number of carbonyl (C=O) groups excluding carboxylic acids is 1. The number of aromatic nitrogens is 4. The molecule has 21 heavy (non-hydrogen) atoms. The second kappa shape index (κ2) is 5.90. The first-order valence-electron chi connectivity index (χ1n) is 7.01. The number of fused-ring (bicyclic) bond motifs is 1. The van der Waals surface area contributed by atoms with Crippen molar-refractivity contribution >= 4 is 11.6 Å². The molecule has 2 aromatic rings. The molecule has 1 aliphatic rings. The monoisotopic (exact) mass is 286 g/mol. The largest absolute Gasteiger partial charge is 0.375 e. The van der Waals surface area contributed by atoms with Crippen LogP contribution in [-0.4, -0.2) is 38.7 Å². The van der Waals surface area contributed by atoms with E-state index in [4.69, 9.17) is 0 Å². The predicted octanol–water partition coefficient (Wildman–Crippen LogP) is 0.382. The van der Waals surface area contributed by atoms with E-state index in [-0.39, 0.29) is 12.5 Å². The number of hydrogen-bond donors (Lipinski definition) is 2. The van der Waals surface area contributed by atoms with E-state index >= 15 is 0 Å². The van der Waals surface area contributed by atoms with E-state index in [1.54, 1.807) is 12.4 Å². The highest BCUT2D eigenvalue weighted by atomic mass is 16.1. The summed E-state index contributed by atoms with van der Waals surface area (Å²) in [6.07, 6.45) is 4.27. The van der Waals surface area contributed by atoms with Gasteiger partial charge in [0.15, 0.2) is 0 Å². The van der Waals surface area contributed by atoms with Gasteiger partial charge in [-0.15, -0.1) is 10.2 Å². The van der Waals surface area contributed by atoms with Crippen LogP contribution in [0.3, 0.4) is 0 Å². The highest BCUT2D eigenvalue weighted by Crippen LogP contribution is 2.19. The number of aryl methyl sites for hydroxylation is 1. The molecule has 7 heteroatoms. The summed E-state index contributed by atoms with van der Waals surface area (Å²) < 4.78 is 2.12. The molecule has 1 aliphatic heterocycles. The zero-order chi connectivity index (χ0) is 14.7. The summed E-state index contributed by atoms with van der Waals surface area (Å²) >= 11 is 0. The Morgan fingerprint density at radius 3 is 3.14 bits per heavy atom. The first-order valence-corrected chi connectivity index (χ1v) is 7.01. The van der Waals surface area contributed by atoms with Gasteiger partial charge in [-0.3, -0.25) is 9.78 Å². The Bertz CT molecular complexity index is 624. The molecule has 0 spiro atoms. The third-order valence-corrected chi connectivity index (χ3v) is 3.63. The van der Waals surface area contributed by atoms with E-state index in [2.05, 4.69) is 30.4 Å². The van der Waals surface area contributed by atoms with Crippen molar-refractivity contribution in [3.8, 4) is 0 Å². The molecule has 2 aromatic heterocycles. The molecule has 3 heterocycles. The fourth-order valence-corrected chi connectivity index (χ4v) is 2.50. The lowest BCUT2D eigenvalue weighted by molar-refractivity contribution is -0.119. The molecule has 2 N–H and O–H groups in total. The van der Waals surface area contributed by atoms with Crippen molar-refractivity contribution in [3.63, 3.8) is 0 Å². The first-order chi connectivity index (χ1) is 10.2. The summed E-state index contributed by atoms with van der Waals surface area (Å²) in [4.78, 5) is 15.8. The van der Waals surface area contributed by atoms with E-state index in [0.717, 1.165) is 30.3 Å². The fourth-order valence-electron chi connectivity index (χ4n) is 2.50. The van der Waals surface area contributed by atoms with Crippen LogP contribution in [0.2, 0.25) is 0 Å². The van der Waals surface area contributed by atoms with Crippen molar-refractivity contribution in [3.05, 3.63) is 36.2 Å². The highest BCUT2D eigenvalue weighted by Gasteiger charge is 2.24. The van der Waals surface area contributed by atoms with Crippen LogP contribution in [0.15, 0.2) is 24.5 Å². The average molecular weight is 286 g/mol. The van der Waals surface area contributed by atoms with Crippen LogP contribution in [0, 0.1) is 12.8 Å². The van der Waals surface area contributed by atoms with Gasteiger partial charge in [0, 0.05) is 37.8 Å². The Morgan fingerprint density at radius 1 is 1.48 bits per heavy atom. The van der Waals surface area contributed by atoms with Crippen LogP contribution in [0.4, 0.5) is 5.69 Å². The van der Waals surface area contributed by atoms with E-state index in [1.807, 2.05) is 19.1 Å². The van der Waals surface area contributed by atoms with Crippen LogP contribution in [0.5, 0.6) is 0 Å². The standard InChI is InChI=1S/C14H18N6O/c1-10-18-19-13-5-11(9-20(10)13)6-17-14(21)8-16-12-3-2-4-15-7-12/h2-4,7,11,16H,5-6,8-9H2,1H3,(H,17,21). The normalized spacial score (nSPS) is 16.5. The van der Waals surface area contributed by atoms with Gasteiger partial charge >= 0.3 is 0 Å². The van der Waals surface area contributed by atoms with Crippen molar-refractivity contribution in [1.29, 1.82) is 0 Å². The number of nitrogens with one attached hydrogen (secondary N) is 2. The Hall–Kier alpha value is -2.44. The molecule has 1 amide bonds. The van der Waals surface area contributed by atoms with E-state index < -0.39 is 0 Å². The maximum Gasteiger partial charge on any atom is 0.239 e. The van der Waals surface area contributed by atoms with Gasteiger partial charge in [0.2, 0.25) is 5.91 Å². The van der Waals surface area contributed by atoms with Gasteiger partial charge in [-0.2, -0.15) is 0 Å². The lowest BCUT2D eigenvalue weighted by Gasteiger charge is -2.11. The number of pyridine rings is 1. The minimum absolute atomic E-state index is 0.0155. The van der Waals surface area contributed by atoms with Gasteiger partial charge in [0.05, 0.1) is 12.2 Å². The van der Waals surface area contributed by atoms with Crippen molar-refractivity contribution in [2.45, 2.75) is 19.9 Å². The minimum atomic E-state index is -0.0155. The van der Waals surface area contributed by atoms with E-state index in [1.165, 1.54) is 0 Å². The summed E-state index contributed by atoms with van der Waals surface area (Å²) in [5.41, 5.74) is 0.843. The number of hydrogen-bond acceptors (Lipinski definition) is 5. The van der Waals surface area contributed by atoms with Gasteiger partial charge in [-0.25, -0.2) is 0 Å². The predicted molar refractivity (Wildman–Crippen MR) is 77.7 cm³/mol. The lowest BCUT2D eigenvalue weighted by atomic mass is 10.1. The molecule has 0 saturated carbocycles. The number of amides is 1. The molecule has 110 valence electrons. The van der Waals surface area contributed by atoms with E-state index in [0.29, 0.717) is 12.5 Å². The van der Waals surface area contributed by atoms with Crippen molar-refractivity contribution in [2.75, 3.05) is 18.4 Å². The maximum absolute atomic E-state index is 11.8. The Kier molecular flexibility index (Phi) is 3.81. The molecule has 0 radical (unpaired) electrons. The number of nitrogens with zero attached hydrogens (tertiary/aromatic N) is 4. The zero-order valence-electron chi connectivity index (χ0n) is 11.9. The van der Waals surface area contributed by atoms with Crippen LogP contribution in [0.25, 0.3) is 0 Å². The third kappa shape index (κ3) is 3.18. The third-order valence-electron chi connectivity index (χ3n) is 3.63. The smallest absolute Gasteiger partial charge is 0.239 e. The summed E-state index contributed by atoms with van der Waals surface area (Å²) in [6.45, 7) is 3.75. The Morgan fingerprint density at radius 2 is 2.38 bits per heavy atom. The Labute approximate surface area is 122 Å². The summed E-state index contributed by atoms with van der Waals surface area (Å²) in [7, 11) is 0. The molecule has 0 aliphatic carbocycles. The van der Waals surface area contributed by atoms with Crippen LogP contribution in [-0.2, 0) is 17.8 Å². The Balaban J connectivity index is 1.41. The molecule has 0 fully saturated rings. The van der Waals surface area contributed by atoms with Gasteiger partial charge in [-0.1, -0.05) is 0 Å². The minimum Gasteiger partial charge on any atom is -0.375 e. The lowest BCUT2D eigenvalue weighted by Crippen LogP contribution is -2.34. The molecule has 7 nitrogen and oxygen atoms in total. The second-order valence-corrected chi connectivity index (χ2v) is 5.24. The van der Waals surface area contributed by atoms with Crippen molar-refractivity contribution < 1.29 is 4.79 Å². The molecule has 0 aromatic carbocycles. The maximum atomic E-state index is 11.8. The first kappa shape index (κ1) is 13.5. The fraction of sp³-hybridized carbons (Fsp3) is 0.429. The molecular weight excluding hydrogens is 268 g/mol. The zero-order valence-corrected chi connectivity index (χ0v) is 11.9. The van der Waals surface area contributed by atoms with Gasteiger partial charge < -0.3 is 15.2 Å². The molecule has 1 unspecified atom stereocenters. The summed E-state index contributed by atoms with van der Waals surface area (Å²) in [5.74, 6) is 2.34. The molecule has 1 atom stereocenters. The molecule has 0 bridgehead atoms. The van der Waals surface area contributed by atoms with Gasteiger partial charge in [0.1, 0.15) is 11.6 Å². The topological polar surface area (TPSA) is 84.7 Å².